The smallest absolute Gasteiger partial charge is 0.284 e. The lowest BCUT2D eigenvalue weighted by Gasteiger charge is -2.31. The third kappa shape index (κ3) is 2.99. The summed E-state index contributed by atoms with van der Waals surface area (Å²) < 4.78 is 5.50. The number of likely N-dealkylation sites (tertiary alicyclic amines) is 1. The molecule has 2 rings (SSSR count). The summed E-state index contributed by atoms with van der Waals surface area (Å²) in [6, 6.07) is 4.50. The molecule has 0 atom stereocenters. The van der Waals surface area contributed by atoms with Gasteiger partial charge in [-0.25, -0.2) is 0 Å². The Morgan fingerprint density at radius 2 is 2.10 bits per heavy atom. The summed E-state index contributed by atoms with van der Waals surface area (Å²) in [5.74, 6) is -0.185. The Morgan fingerprint density at radius 1 is 1.45 bits per heavy atom. The number of carbonyl (C=O) groups is 1. The first-order valence-electron chi connectivity index (χ1n) is 6.29. The van der Waals surface area contributed by atoms with Crippen LogP contribution in [-0.2, 0) is 4.74 Å². The van der Waals surface area contributed by atoms with Gasteiger partial charge in [0, 0.05) is 26.3 Å². The van der Waals surface area contributed by atoms with E-state index in [9.17, 15) is 14.9 Å². The molecular formula is C13H15BrN2O4. The number of nitro benzene ring substituents is 1. The van der Waals surface area contributed by atoms with Crippen molar-refractivity contribution in [1.82, 2.24) is 4.90 Å². The average molecular weight is 343 g/mol. The molecule has 1 amide bonds. The van der Waals surface area contributed by atoms with Crippen molar-refractivity contribution < 1.29 is 14.5 Å². The van der Waals surface area contributed by atoms with Gasteiger partial charge in [-0.05, 0) is 34.8 Å². The van der Waals surface area contributed by atoms with Crippen molar-refractivity contribution in [3.8, 4) is 0 Å². The Kier molecular flexibility index (Phi) is 4.72. The van der Waals surface area contributed by atoms with Gasteiger partial charge >= 0.3 is 0 Å². The lowest BCUT2D eigenvalue weighted by atomic mass is 10.1. The standard InChI is InChI=1S/C13H15BrN2O4/c1-20-9-5-7-15(8-6-9)13(17)10-3-2-4-11(12(10)14)16(18)19/h2-4,9H,5-8H2,1H3. The monoisotopic (exact) mass is 342 g/mol. The normalized spacial score (nSPS) is 16.2. The van der Waals surface area contributed by atoms with E-state index in [1.54, 1.807) is 18.1 Å². The van der Waals surface area contributed by atoms with Crippen LogP contribution in [0.4, 0.5) is 5.69 Å². The van der Waals surface area contributed by atoms with Gasteiger partial charge in [0.05, 0.1) is 16.6 Å². The number of hydrogen-bond acceptors (Lipinski definition) is 4. The molecule has 108 valence electrons. The highest BCUT2D eigenvalue weighted by atomic mass is 79.9. The molecule has 1 fully saturated rings. The number of benzene rings is 1. The van der Waals surface area contributed by atoms with E-state index in [1.165, 1.54) is 12.1 Å². The minimum absolute atomic E-state index is 0.0948. The molecule has 0 saturated carbocycles. The predicted molar refractivity (Wildman–Crippen MR) is 76.7 cm³/mol. The average Bonchev–Trinajstić information content (AvgIpc) is 2.46. The minimum atomic E-state index is -0.502. The number of nitrogens with zero attached hydrogens (tertiary/aromatic N) is 2. The molecule has 0 unspecified atom stereocenters. The van der Waals surface area contributed by atoms with Gasteiger partial charge in [-0.3, -0.25) is 14.9 Å². The summed E-state index contributed by atoms with van der Waals surface area (Å²) in [7, 11) is 1.67. The van der Waals surface area contributed by atoms with Crippen molar-refractivity contribution in [3.05, 3.63) is 38.3 Å². The SMILES string of the molecule is COC1CCN(C(=O)c2cccc([N+](=O)[O-])c2Br)CC1. The Hall–Kier alpha value is -1.47. The molecular weight excluding hydrogens is 328 g/mol. The van der Waals surface area contributed by atoms with Crippen LogP contribution in [0.2, 0.25) is 0 Å². The number of ether oxygens (including phenoxy) is 1. The molecule has 20 heavy (non-hydrogen) atoms. The summed E-state index contributed by atoms with van der Waals surface area (Å²) in [6.07, 6.45) is 1.76. The molecule has 1 aliphatic rings. The predicted octanol–water partition coefficient (Wildman–Crippen LogP) is 2.61. The van der Waals surface area contributed by atoms with Crippen LogP contribution in [-0.4, -0.2) is 42.0 Å². The quantitative estimate of drug-likeness (QED) is 0.625. The second-order valence-corrected chi connectivity index (χ2v) is 5.42. The van der Waals surface area contributed by atoms with Gasteiger partial charge < -0.3 is 9.64 Å². The molecule has 1 aliphatic heterocycles. The summed E-state index contributed by atoms with van der Waals surface area (Å²) in [5.41, 5.74) is 0.234. The molecule has 7 heteroatoms. The minimum Gasteiger partial charge on any atom is -0.381 e. The zero-order valence-electron chi connectivity index (χ0n) is 11.0. The van der Waals surface area contributed by atoms with Crippen LogP contribution in [0.5, 0.6) is 0 Å². The van der Waals surface area contributed by atoms with Crippen molar-refractivity contribution >= 4 is 27.5 Å². The Morgan fingerprint density at radius 3 is 2.65 bits per heavy atom. The third-order valence-electron chi connectivity index (χ3n) is 3.47. The second kappa shape index (κ2) is 6.32. The number of rotatable bonds is 3. The summed E-state index contributed by atoms with van der Waals surface area (Å²) in [4.78, 5) is 24.5. The Bertz CT molecular complexity index is 527. The largest absolute Gasteiger partial charge is 0.381 e. The van der Waals surface area contributed by atoms with Crippen LogP contribution in [0.1, 0.15) is 23.2 Å². The van der Waals surface area contributed by atoms with Crippen LogP contribution in [0.25, 0.3) is 0 Å². The zero-order chi connectivity index (χ0) is 14.7. The zero-order valence-corrected chi connectivity index (χ0v) is 12.6. The fourth-order valence-corrected chi connectivity index (χ4v) is 2.87. The molecule has 0 bridgehead atoms. The van der Waals surface area contributed by atoms with Gasteiger partial charge in [-0.2, -0.15) is 0 Å². The van der Waals surface area contributed by atoms with E-state index in [0.29, 0.717) is 18.7 Å². The topological polar surface area (TPSA) is 72.7 Å². The molecule has 0 aromatic heterocycles. The first-order valence-corrected chi connectivity index (χ1v) is 7.09. The van der Waals surface area contributed by atoms with Gasteiger partial charge in [0.1, 0.15) is 4.47 Å². The maximum atomic E-state index is 12.4. The number of methoxy groups -OCH3 is 1. The van der Waals surface area contributed by atoms with Crippen molar-refractivity contribution in [3.63, 3.8) is 0 Å². The van der Waals surface area contributed by atoms with Gasteiger partial charge in [0.2, 0.25) is 0 Å². The summed E-state index contributed by atoms with van der Waals surface area (Å²) >= 11 is 3.16. The van der Waals surface area contributed by atoms with Crippen molar-refractivity contribution in [2.24, 2.45) is 0 Å². The van der Waals surface area contributed by atoms with Gasteiger partial charge in [0.25, 0.3) is 11.6 Å². The highest BCUT2D eigenvalue weighted by Gasteiger charge is 2.27. The van der Waals surface area contributed by atoms with E-state index in [-0.39, 0.29) is 22.2 Å². The number of amides is 1. The van der Waals surface area contributed by atoms with E-state index in [1.807, 2.05) is 0 Å². The fraction of sp³-hybridized carbons (Fsp3) is 0.462. The molecule has 0 spiro atoms. The number of piperidine rings is 1. The Labute approximate surface area is 125 Å². The number of carbonyl (C=O) groups excluding carboxylic acids is 1. The molecule has 6 nitrogen and oxygen atoms in total. The molecule has 1 saturated heterocycles. The van der Waals surface area contributed by atoms with Crippen LogP contribution in [0.3, 0.4) is 0 Å². The third-order valence-corrected chi connectivity index (χ3v) is 4.30. The first-order chi connectivity index (χ1) is 9.54. The summed E-state index contributed by atoms with van der Waals surface area (Å²) in [6.45, 7) is 1.21. The number of nitro groups is 1. The highest BCUT2D eigenvalue weighted by molar-refractivity contribution is 9.10. The molecule has 1 aromatic carbocycles. The van der Waals surface area contributed by atoms with E-state index in [0.717, 1.165) is 12.8 Å². The molecule has 1 heterocycles. The van der Waals surface area contributed by atoms with Gasteiger partial charge in [-0.1, -0.05) is 6.07 Å². The van der Waals surface area contributed by atoms with Crippen LogP contribution in [0, 0.1) is 10.1 Å². The van der Waals surface area contributed by atoms with Gasteiger partial charge in [0.15, 0.2) is 0 Å². The molecule has 0 N–H and O–H groups in total. The molecule has 0 radical (unpaired) electrons. The highest BCUT2D eigenvalue weighted by Crippen LogP contribution is 2.29. The summed E-state index contributed by atoms with van der Waals surface area (Å²) in [5, 5.41) is 10.9. The molecule has 1 aromatic rings. The van der Waals surface area contributed by atoms with Crippen LogP contribution < -0.4 is 0 Å². The second-order valence-electron chi connectivity index (χ2n) is 4.62. The van der Waals surface area contributed by atoms with E-state index >= 15 is 0 Å². The van der Waals surface area contributed by atoms with Gasteiger partial charge in [-0.15, -0.1) is 0 Å². The van der Waals surface area contributed by atoms with E-state index in [2.05, 4.69) is 15.9 Å². The Balaban J connectivity index is 2.18. The van der Waals surface area contributed by atoms with E-state index < -0.39 is 4.92 Å². The first kappa shape index (κ1) is 14.9. The molecule has 0 aliphatic carbocycles. The van der Waals surface area contributed by atoms with Crippen LogP contribution >= 0.6 is 15.9 Å². The van der Waals surface area contributed by atoms with Crippen molar-refractivity contribution in [1.29, 1.82) is 0 Å². The lowest BCUT2D eigenvalue weighted by Crippen LogP contribution is -2.40. The van der Waals surface area contributed by atoms with Crippen molar-refractivity contribution in [2.45, 2.75) is 18.9 Å². The number of halogens is 1. The van der Waals surface area contributed by atoms with Crippen molar-refractivity contribution in [2.75, 3.05) is 20.2 Å². The van der Waals surface area contributed by atoms with Crippen LogP contribution in [0.15, 0.2) is 22.7 Å². The maximum absolute atomic E-state index is 12.4. The van der Waals surface area contributed by atoms with E-state index in [4.69, 9.17) is 4.74 Å². The maximum Gasteiger partial charge on any atom is 0.284 e. The number of hydrogen-bond donors (Lipinski definition) is 0. The fourth-order valence-electron chi connectivity index (χ4n) is 2.29. The lowest BCUT2D eigenvalue weighted by molar-refractivity contribution is -0.385.